The molecule has 0 rings (SSSR count). The number of hydrogen-bond acceptors (Lipinski definition) is 4. The van der Waals surface area contributed by atoms with Gasteiger partial charge in [0, 0.05) is 12.0 Å². The van der Waals surface area contributed by atoms with Crippen LogP contribution in [0, 0.1) is 0 Å². The van der Waals surface area contributed by atoms with Crippen LogP contribution >= 0.6 is 0 Å². The summed E-state index contributed by atoms with van der Waals surface area (Å²) in [5, 5.41) is 0. The predicted octanol–water partition coefficient (Wildman–Crippen LogP) is -2.09. The smallest absolute Gasteiger partial charge is 0.237 e. The van der Waals surface area contributed by atoms with Gasteiger partial charge in [-0.05, 0) is 13.8 Å². The second kappa shape index (κ2) is 5.45. The fourth-order valence-corrected chi connectivity index (χ4v) is 1.11. The third kappa shape index (κ3) is 6.77. The number of rotatable bonds is 6. The van der Waals surface area contributed by atoms with E-state index in [9.17, 15) is 14.4 Å². The van der Waals surface area contributed by atoms with Crippen LogP contribution < -0.4 is 17.2 Å². The van der Waals surface area contributed by atoms with Crippen LogP contribution in [0.2, 0.25) is 0 Å². The summed E-state index contributed by atoms with van der Waals surface area (Å²) < 4.78 is 0. The van der Waals surface area contributed by atoms with Crippen molar-refractivity contribution in [2.24, 2.45) is 17.2 Å². The normalized spacial score (nSPS) is 10.9. The van der Waals surface area contributed by atoms with Crippen LogP contribution in [0.5, 0.6) is 0 Å². The summed E-state index contributed by atoms with van der Waals surface area (Å²) in [7, 11) is 0. The number of carbonyl (C=O) groups is 3. The number of amides is 3. The van der Waals surface area contributed by atoms with E-state index in [1.165, 1.54) is 0 Å². The first-order valence-electron chi connectivity index (χ1n) is 4.75. The molecule has 0 aromatic heterocycles. The van der Waals surface area contributed by atoms with E-state index >= 15 is 0 Å². The lowest BCUT2D eigenvalue weighted by atomic mass is 10.0. The molecule has 16 heavy (non-hydrogen) atoms. The van der Waals surface area contributed by atoms with Crippen molar-refractivity contribution in [1.29, 1.82) is 0 Å². The van der Waals surface area contributed by atoms with Crippen LogP contribution in [-0.4, -0.2) is 41.2 Å². The van der Waals surface area contributed by atoms with Gasteiger partial charge in [-0.2, -0.15) is 0 Å². The third-order valence-corrected chi connectivity index (χ3v) is 1.65. The third-order valence-electron chi connectivity index (χ3n) is 1.65. The molecular formula is C9H18N4O3. The van der Waals surface area contributed by atoms with Gasteiger partial charge in [0.1, 0.15) is 0 Å². The van der Waals surface area contributed by atoms with Gasteiger partial charge in [-0.15, -0.1) is 0 Å². The molecule has 0 atom stereocenters. The molecule has 0 aliphatic rings. The Morgan fingerprint density at radius 2 is 1.44 bits per heavy atom. The van der Waals surface area contributed by atoms with Crippen molar-refractivity contribution in [3.8, 4) is 0 Å². The Morgan fingerprint density at radius 1 is 1.06 bits per heavy atom. The fraction of sp³-hybridized carbons (Fsp3) is 0.667. The van der Waals surface area contributed by atoms with Gasteiger partial charge in [0.15, 0.2) is 0 Å². The van der Waals surface area contributed by atoms with Crippen LogP contribution in [0.3, 0.4) is 0 Å². The zero-order valence-electron chi connectivity index (χ0n) is 9.53. The molecule has 0 heterocycles. The first-order chi connectivity index (χ1) is 7.11. The standard InChI is InChI=1S/C9H18N4O3/c1-9(2,12)3-8(16)13(4-6(10)14)5-7(11)15/h3-5,12H2,1-2H3,(H2,10,14)(H2,11,15). The van der Waals surface area contributed by atoms with Gasteiger partial charge in [0.2, 0.25) is 17.7 Å². The zero-order chi connectivity index (χ0) is 12.9. The molecule has 0 bridgehead atoms. The van der Waals surface area contributed by atoms with Crippen molar-refractivity contribution in [2.45, 2.75) is 25.8 Å². The molecule has 0 aliphatic carbocycles. The lowest BCUT2D eigenvalue weighted by Crippen LogP contribution is -2.47. The number of primary amides is 2. The Morgan fingerprint density at radius 3 is 1.69 bits per heavy atom. The van der Waals surface area contributed by atoms with E-state index in [2.05, 4.69) is 0 Å². The average Bonchev–Trinajstić information content (AvgIpc) is 1.97. The maximum absolute atomic E-state index is 11.7. The molecule has 0 fully saturated rings. The van der Waals surface area contributed by atoms with Crippen molar-refractivity contribution in [1.82, 2.24) is 4.90 Å². The molecule has 92 valence electrons. The van der Waals surface area contributed by atoms with Gasteiger partial charge in [-0.25, -0.2) is 0 Å². The van der Waals surface area contributed by atoms with Crippen molar-refractivity contribution < 1.29 is 14.4 Å². The minimum Gasteiger partial charge on any atom is -0.368 e. The molecule has 7 heteroatoms. The second-order valence-corrected chi connectivity index (χ2v) is 4.35. The second-order valence-electron chi connectivity index (χ2n) is 4.35. The molecule has 3 amide bonds. The van der Waals surface area contributed by atoms with E-state index in [1.807, 2.05) is 0 Å². The van der Waals surface area contributed by atoms with Gasteiger partial charge < -0.3 is 22.1 Å². The highest BCUT2D eigenvalue weighted by atomic mass is 16.2. The Labute approximate surface area is 93.9 Å². The Kier molecular flexibility index (Phi) is 4.90. The van der Waals surface area contributed by atoms with Crippen molar-refractivity contribution in [3.63, 3.8) is 0 Å². The molecule has 7 nitrogen and oxygen atoms in total. The zero-order valence-corrected chi connectivity index (χ0v) is 9.53. The number of nitrogens with two attached hydrogens (primary N) is 3. The molecule has 6 N–H and O–H groups in total. The van der Waals surface area contributed by atoms with Crippen molar-refractivity contribution in [3.05, 3.63) is 0 Å². The molecule has 0 radical (unpaired) electrons. The van der Waals surface area contributed by atoms with Crippen LogP contribution in [0.25, 0.3) is 0 Å². The number of nitrogens with zero attached hydrogens (tertiary/aromatic N) is 1. The summed E-state index contributed by atoms with van der Waals surface area (Å²) in [6, 6.07) is 0. The largest absolute Gasteiger partial charge is 0.368 e. The molecule has 0 aromatic rings. The molecule has 0 saturated carbocycles. The summed E-state index contributed by atoms with van der Waals surface area (Å²) in [6.45, 7) is 2.66. The monoisotopic (exact) mass is 230 g/mol. The lowest BCUT2D eigenvalue weighted by Gasteiger charge is -2.24. The van der Waals surface area contributed by atoms with Crippen molar-refractivity contribution in [2.75, 3.05) is 13.1 Å². The van der Waals surface area contributed by atoms with Gasteiger partial charge in [-0.3, -0.25) is 14.4 Å². The lowest BCUT2D eigenvalue weighted by molar-refractivity contribution is -0.138. The van der Waals surface area contributed by atoms with Gasteiger partial charge in [0.25, 0.3) is 0 Å². The molecular weight excluding hydrogens is 212 g/mol. The van der Waals surface area contributed by atoms with Gasteiger partial charge in [-0.1, -0.05) is 0 Å². The summed E-state index contributed by atoms with van der Waals surface area (Å²) in [5.74, 6) is -1.83. The van der Waals surface area contributed by atoms with Crippen LogP contribution in [-0.2, 0) is 14.4 Å². The summed E-state index contributed by atoms with van der Waals surface area (Å²) >= 11 is 0. The first kappa shape index (κ1) is 14.4. The Hall–Kier alpha value is -1.63. The van der Waals surface area contributed by atoms with E-state index in [1.54, 1.807) is 13.8 Å². The first-order valence-corrected chi connectivity index (χ1v) is 4.75. The number of carbonyl (C=O) groups excluding carboxylic acids is 3. The quantitative estimate of drug-likeness (QED) is 0.482. The fourth-order valence-electron chi connectivity index (χ4n) is 1.11. The Bertz CT molecular complexity index is 280. The number of hydrogen-bond donors (Lipinski definition) is 3. The minimum atomic E-state index is -0.718. The highest BCUT2D eigenvalue weighted by Gasteiger charge is 2.23. The summed E-state index contributed by atoms with van der Waals surface area (Å²) in [4.78, 5) is 34.1. The SMILES string of the molecule is CC(C)(N)CC(=O)N(CC(N)=O)CC(N)=O. The predicted molar refractivity (Wildman–Crippen MR) is 57.9 cm³/mol. The van der Waals surface area contributed by atoms with E-state index in [-0.39, 0.29) is 19.5 Å². The molecule has 0 unspecified atom stereocenters. The van der Waals surface area contributed by atoms with Gasteiger partial charge >= 0.3 is 0 Å². The molecule has 0 saturated heterocycles. The van der Waals surface area contributed by atoms with E-state index in [0.29, 0.717) is 0 Å². The minimum absolute atomic E-state index is 0.00750. The molecule has 0 spiro atoms. The van der Waals surface area contributed by atoms with E-state index in [0.717, 1.165) is 4.90 Å². The summed E-state index contributed by atoms with van der Waals surface area (Å²) in [5.41, 5.74) is 14.8. The van der Waals surface area contributed by atoms with E-state index < -0.39 is 23.3 Å². The molecule has 0 aromatic carbocycles. The summed E-state index contributed by atoms with van der Waals surface area (Å²) in [6.07, 6.45) is 0.00750. The maximum Gasteiger partial charge on any atom is 0.237 e. The van der Waals surface area contributed by atoms with Gasteiger partial charge in [0.05, 0.1) is 13.1 Å². The van der Waals surface area contributed by atoms with Crippen LogP contribution in [0.15, 0.2) is 0 Å². The highest BCUT2D eigenvalue weighted by Crippen LogP contribution is 2.06. The van der Waals surface area contributed by atoms with E-state index in [4.69, 9.17) is 17.2 Å². The Balaban J connectivity index is 4.56. The van der Waals surface area contributed by atoms with Crippen LogP contribution in [0.1, 0.15) is 20.3 Å². The molecule has 0 aliphatic heterocycles. The maximum atomic E-state index is 11.7. The average molecular weight is 230 g/mol. The van der Waals surface area contributed by atoms with Crippen LogP contribution in [0.4, 0.5) is 0 Å². The highest BCUT2D eigenvalue weighted by molar-refractivity contribution is 5.88. The topological polar surface area (TPSA) is 133 Å². The van der Waals surface area contributed by atoms with Crippen molar-refractivity contribution >= 4 is 17.7 Å².